The second kappa shape index (κ2) is 7.81. The number of hydrogen-bond donors (Lipinski definition) is 2. The van der Waals surface area contributed by atoms with Crippen LogP contribution in [-0.4, -0.2) is 19.6 Å². The smallest absolute Gasteiger partial charge is 0.267 e. The summed E-state index contributed by atoms with van der Waals surface area (Å²) in [6.45, 7) is 2.04. The van der Waals surface area contributed by atoms with Gasteiger partial charge in [0.2, 0.25) is 11.8 Å². The summed E-state index contributed by atoms with van der Waals surface area (Å²) in [4.78, 5) is 21.8. The van der Waals surface area contributed by atoms with Crippen LogP contribution in [0.25, 0.3) is 11.5 Å². The minimum absolute atomic E-state index is 0.150. The number of hydrogen-bond acceptors (Lipinski definition) is 6. The molecule has 4 aromatic rings. The predicted octanol–water partition coefficient (Wildman–Crippen LogP) is 4.36. The lowest BCUT2D eigenvalue weighted by Gasteiger charge is -2.14. The molecule has 0 aliphatic rings. The molecule has 0 atom stereocenters. The highest BCUT2D eigenvalue weighted by Crippen LogP contribution is 2.21. The summed E-state index contributed by atoms with van der Waals surface area (Å²) in [6.07, 6.45) is 3.00. The van der Waals surface area contributed by atoms with Crippen LogP contribution in [0, 0.1) is 6.92 Å². The molecule has 0 fully saturated rings. The molecule has 0 spiro atoms. The van der Waals surface area contributed by atoms with Crippen molar-refractivity contribution in [3.8, 4) is 17.2 Å². The van der Waals surface area contributed by atoms with Gasteiger partial charge in [0.05, 0.1) is 12.7 Å². The number of halogens is 1. The molecule has 2 heterocycles. The van der Waals surface area contributed by atoms with E-state index < -0.39 is 0 Å². The number of anilines is 2. The zero-order chi connectivity index (χ0) is 20.4. The Kier molecular flexibility index (Phi) is 5.05. The van der Waals surface area contributed by atoms with Crippen molar-refractivity contribution in [2.24, 2.45) is 0 Å². The van der Waals surface area contributed by atoms with E-state index in [1.807, 2.05) is 12.1 Å². The molecule has 7 nitrogen and oxygen atoms in total. The van der Waals surface area contributed by atoms with Crippen LogP contribution in [0.5, 0.6) is 5.75 Å². The topological polar surface area (TPSA) is 93.2 Å². The maximum Gasteiger partial charge on any atom is 0.267 e. The third kappa shape index (κ3) is 4.14. The number of benzene rings is 2. The summed E-state index contributed by atoms with van der Waals surface area (Å²) in [5.74, 6) is 1.33. The summed E-state index contributed by atoms with van der Waals surface area (Å²) in [6, 6.07) is 13.7. The van der Waals surface area contributed by atoms with Crippen LogP contribution in [0.1, 0.15) is 11.3 Å². The standard InChI is InChI=1S/C21H17ClN4O3/c1-13-10-23-19(29-13)18-11-24-21(25-16-6-8-17(27)9-7-16)26(20(18)28)12-14-2-4-15(22)5-3-14/h2-11,27H,12H2,1H3,(H,24,25). The van der Waals surface area contributed by atoms with E-state index in [0.717, 1.165) is 5.56 Å². The Balaban J connectivity index is 1.78. The van der Waals surface area contributed by atoms with E-state index in [-0.39, 0.29) is 29.3 Å². The van der Waals surface area contributed by atoms with Crippen molar-refractivity contribution in [2.45, 2.75) is 13.5 Å². The normalized spacial score (nSPS) is 10.8. The second-order valence-electron chi connectivity index (χ2n) is 6.46. The molecule has 0 amide bonds. The molecule has 0 aliphatic heterocycles. The summed E-state index contributed by atoms with van der Waals surface area (Å²) in [5, 5.41) is 13.2. The second-order valence-corrected chi connectivity index (χ2v) is 6.90. The number of aryl methyl sites for hydroxylation is 1. The van der Waals surface area contributed by atoms with Gasteiger partial charge in [0, 0.05) is 16.9 Å². The highest BCUT2D eigenvalue weighted by Gasteiger charge is 2.16. The fourth-order valence-electron chi connectivity index (χ4n) is 2.81. The molecule has 146 valence electrons. The first-order valence-corrected chi connectivity index (χ1v) is 9.20. The highest BCUT2D eigenvalue weighted by atomic mass is 35.5. The van der Waals surface area contributed by atoms with Crippen LogP contribution in [0.4, 0.5) is 11.6 Å². The summed E-state index contributed by atoms with van der Waals surface area (Å²) in [7, 11) is 0. The number of phenols is 1. The van der Waals surface area contributed by atoms with Gasteiger partial charge in [0.1, 0.15) is 17.1 Å². The van der Waals surface area contributed by atoms with E-state index in [9.17, 15) is 9.90 Å². The monoisotopic (exact) mass is 408 g/mol. The molecule has 2 aromatic carbocycles. The number of oxazole rings is 1. The van der Waals surface area contributed by atoms with Crippen LogP contribution in [0.3, 0.4) is 0 Å². The van der Waals surface area contributed by atoms with Crippen LogP contribution < -0.4 is 10.9 Å². The van der Waals surface area contributed by atoms with Crippen molar-refractivity contribution in [2.75, 3.05) is 5.32 Å². The van der Waals surface area contributed by atoms with Gasteiger partial charge in [-0.15, -0.1) is 0 Å². The zero-order valence-electron chi connectivity index (χ0n) is 15.5. The Morgan fingerprint density at radius 3 is 2.45 bits per heavy atom. The Morgan fingerprint density at radius 2 is 1.79 bits per heavy atom. The lowest BCUT2D eigenvalue weighted by molar-refractivity contribution is 0.475. The third-order valence-electron chi connectivity index (χ3n) is 4.28. The summed E-state index contributed by atoms with van der Waals surface area (Å²) < 4.78 is 7.02. The molecule has 2 aromatic heterocycles. The van der Waals surface area contributed by atoms with Crippen molar-refractivity contribution >= 4 is 23.2 Å². The molecule has 0 aliphatic carbocycles. The van der Waals surface area contributed by atoms with E-state index in [1.165, 1.54) is 10.8 Å². The predicted molar refractivity (Wildman–Crippen MR) is 111 cm³/mol. The largest absolute Gasteiger partial charge is 0.508 e. The van der Waals surface area contributed by atoms with E-state index in [2.05, 4.69) is 15.3 Å². The van der Waals surface area contributed by atoms with Crippen LogP contribution in [0.15, 0.2) is 70.1 Å². The molecule has 29 heavy (non-hydrogen) atoms. The van der Waals surface area contributed by atoms with Crippen LogP contribution >= 0.6 is 11.6 Å². The quantitative estimate of drug-likeness (QED) is 0.476. The molecular weight excluding hydrogens is 392 g/mol. The average Bonchev–Trinajstić information content (AvgIpc) is 3.14. The Bertz CT molecular complexity index is 1200. The molecule has 2 N–H and O–H groups in total. The molecular formula is C21H17ClN4O3. The molecule has 0 saturated carbocycles. The first-order valence-electron chi connectivity index (χ1n) is 8.83. The van der Waals surface area contributed by atoms with Gasteiger partial charge in [-0.25, -0.2) is 9.97 Å². The van der Waals surface area contributed by atoms with E-state index in [0.29, 0.717) is 22.4 Å². The van der Waals surface area contributed by atoms with Gasteiger partial charge in [-0.2, -0.15) is 0 Å². The lowest BCUT2D eigenvalue weighted by Crippen LogP contribution is -2.26. The van der Waals surface area contributed by atoms with E-state index >= 15 is 0 Å². The maximum absolute atomic E-state index is 13.2. The number of aromatic nitrogens is 3. The SMILES string of the molecule is Cc1cnc(-c2cnc(Nc3ccc(O)cc3)n(Cc3ccc(Cl)cc3)c2=O)o1. The molecule has 0 radical (unpaired) electrons. The van der Waals surface area contributed by atoms with Crippen molar-refractivity contribution in [3.63, 3.8) is 0 Å². The van der Waals surface area contributed by atoms with Crippen molar-refractivity contribution < 1.29 is 9.52 Å². The number of phenolic OH excluding ortho intramolecular Hbond substituents is 1. The Morgan fingerprint density at radius 1 is 1.07 bits per heavy atom. The molecule has 8 heteroatoms. The molecule has 0 bridgehead atoms. The van der Waals surface area contributed by atoms with E-state index in [1.54, 1.807) is 49.5 Å². The van der Waals surface area contributed by atoms with Crippen molar-refractivity contribution in [1.82, 2.24) is 14.5 Å². The Hall–Kier alpha value is -3.58. The van der Waals surface area contributed by atoms with Gasteiger partial charge >= 0.3 is 0 Å². The maximum atomic E-state index is 13.2. The molecule has 0 saturated heterocycles. The number of rotatable bonds is 5. The summed E-state index contributed by atoms with van der Waals surface area (Å²) >= 11 is 5.97. The van der Waals surface area contributed by atoms with E-state index in [4.69, 9.17) is 16.0 Å². The van der Waals surface area contributed by atoms with Gasteiger partial charge in [-0.3, -0.25) is 9.36 Å². The molecule has 0 unspecified atom stereocenters. The first kappa shape index (κ1) is 18.8. The van der Waals surface area contributed by atoms with Crippen molar-refractivity contribution in [3.05, 3.63) is 87.6 Å². The third-order valence-corrected chi connectivity index (χ3v) is 4.53. The van der Waals surface area contributed by atoms with Gasteiger partial charge < -0.3 is 14.8 Å². The van der Waals surface area contributed by atoms with Gasteiger partial charge in [-0.05, 0) is 48.9 Å². The number of aromatic hydroxyl groups is 1. The zero-order valence-corrected chi connectivity index (χ0v) is 16.2. The minimum Gasteiger partial charge on any atom is -0.508 e. The fraction of sp³-hybridized carbons (Fsp3) is 0.0952. The number of nitrogens with one attached hydrogen (secondary N) is 1. The van der Waals surface area contributed by atoms with Gasteiger partial charge in [0.15, 0.2) is 0 Å². The number of nitrogens with zero attached hydrogens (tertiary/aromatic N) is 3. The highest BCUT2D eigenvalue weighted by molar-refractivity contribution is 6.30. The van der Waals surface area contributed by atoms with Gasteiger partial charge in [0.25, 0.3) is 5.56 Å². The van der Waals surface area contributed by atoms with Crippen LogP contribution in [-0.2, 0) is 6.54 Å². The summed E-state index contributed by atoms with van der Waals surface area (Å²) in [5.41, 5.74) is 1.54. The van der Waals surface area contributed by atoms with Crippen molar-refractivity contribution in [1.29, 1.82) is 0 Å². The first-order chi connectivity index (χ1) is 14.0. The average molecular weight is 409 g/mol. The lowest BCUT2D eigenvalue weighted by atomic mass is 10.2. The van der Waals surface area contributed by atoms with Crippen LogP contribution in [0.2, 0.25) is 5.02 Å². The fourth-order valence-corrected chi connectivity index (χ4v) is 2.94. The molecule has 4 rings (SSSR count). The minimum atomic E-state index is -0.293. The Labute approximate surface area is 171 Å². The van der Waals surface area contributed by atoms with Gasteiger partial charge in [-0.1, -0.05) is 23.7 Å².